The molecule has 1 heterocycles. The molecule has 0 saturated carbocycles. The van der Waals surface area contributed by atoms with Gasteiger partial charge in [-0.2, -0.15) is 0 Å². The number of carbonyl (C=O) groups is 2. The minimum Gasteiger partial charge on any atom is -0.369 e. The zero-order valence-corrected chi connectivity index (χ0v) is 18.8. The number of hydrogen-bond acceptors (Lipinski definition) is 5. The minimum absolute atomic E-state index is 0.145. The Hall–Kier alpha value is -2.58. The third-order valence-electron chi connectivity index (χ3n) is 5.26. The van der Waals surface area contributed by atoms with Gasteiger partial charge in [-0.05, 0) is 61.5 Å². The number of amides is 2. The lowest BCUT2D eigenvalue weighted by atomic mass is 10.1. The standard InChI is InChI=1S/C23H29FN4O2S/c1-3-27-10-12-28(13-11-27)20-8-9-21(17(2)14-20)26-23(30)16-31-15-22(29)25-19-6-4-18(24)5-7-19/h4-9,14H,3,10-13,15-16H2,1-2H3,(H,25,29)(H,26,30). The molecular weight excluding hydrogens is 415 g/mol. The van der Waals surface area contributed by atoms with Crippen LogP contribution in [0, 0.1) is 12.7 Å². The highest BCUT2D eigenvalue weighted by Crippen LogP contribution is 2.24. The number of rotatable bonds is 8. The molecule has 2 amide bonds. The van der Waals surface area contributed by atoms with Crippen LogP contribution in [-0.4, -0.2) is 60.9 Å². The summed E-state index contributed by atoms with van der Waals surface area (Å²) in [7, 11) is 0. The van der Waals surface area contributed by atoms with Crippen LogP contribution in [0.4, 0.5) is 21.5 Å². The molecule has 2 N–H and O–H groups in total. The minimum atomic E-state index is -0.355. The van der Waals surface area contributed by atoms with Gasteiger partial charge >= 0.3 is 0 Å². The second-order valence-electron chi connectivity index (χ2n) is 7.52. The first-order chi connectivity index (χ1) is 14.9. The van der Waals surface area contributed by atoms with Gasteiger partial charge in [-0.3, -0.25) is 9.59 Å². The van der Waals surface area contributed by atoms with Gasteiger partial charge in [0.15, 0.2) is 0 Å². The van der Waals surface area contributed by atoms with Crippen molar-refractivity contribution in [2.75, 3.05) is 59.8 Å². The number of hydrogen-bond donors (Lipinski definition) is 2. The Labute approximate surface area is 187 Å². The largest absolute Gasteiger partial charge is 0.369 e. The van der Waals surface area contributed by atoms with Crippen LogP contribution in [-0.2, 0) is 9.59 Å². The van der Waals surface area contributed by atoms with E-state index >= 15 is 0 Å². The van der Waals surface area contributed by atoms with Gasteiger partial charge in [0.25, 0.3) is 0 Å². The predicted molar refractivity (Wildman–Crippen MR) is 126 cm³/mol. The molecule has 1 fully saturated rings. The summed E-state index contributed by atoms with van der Waals surface area (Å²) < 4.78 is 12.9. The third-order valence-corrected chi connectivity index (χ3v) is 6.20. The van der Waals surface area contributed by atoms with Gasteiger partial charge in [-0.1, -0.05) is 6.92 Å². The van der Waals surface area contributed by atoms with Crippen molar-refractivity contribution in [2.45, 2.75) is 13.8 Å². The number of likely N-dealkylation sites (N-methyl/N-ethyl adjacent to an activating group) is 1. The Balaban J connectivity index is 1.42. The van der Waals surface area contributed by atoms with E-state index < -0.39 is 0 Å². The molecule has 6 nitrogen and oxygen atoms in total. The Morgan fingerprint density at radius 2 is 1.61 bits per heavy atom. The van der Waals surface area contributed by atoms with Gasteiger partial charge in [0.2, 0.25) is 11.8 Å². The SMILES string of the molecule is CCN1CCN(c2ccc(NC(=O)CSCC(=O)Nc3ccc(F)cc3)c(C)c2)CC1. The quantitative estimate of drug-likeness (QED) is 0.652. The number of nitrogens with zero attached hydrogens (tertiary/aromatic N) is 2. The van der Waals surface area contributed by atoms with Crippen LogP contribution in [0.2, 0.25) is 0 Å². The fourth-order valence-corrected chi connectivity index (χ4v) is 4.08. The number of aryl methyl sites for hydroxylation is 1. The molecule has 0 unspecified atom stereocenters. The van der Waals surface area contributed by atoms with E-state index in [4.69, 9.17) is 0 Å². The highest BCUT2D eigenvalue weighted by atomic mass is 32.2. The Morgan fingerprint density at radius 1 is 0.968 bits per heavy atom. The van der Waals surface area contributed by atoms with E-state index in [1.54, 1.807) is 0 Å². The van der Waals surface area contributed by atoms with E-state index in [2.05, 4.69) is 33.4 Å². The van der Waals surface area contributed by atoms with Gasteiger partial charge in [0, 0.05) is 43.2 Å². The normalized spacial score (nSPS) is 14.4. The first-order valence-corrected chi connectivity index (χ1v) is 11.6. The van der Waals surface area contributed by atoms with E-state index in [1.165, 1.54) is 41.7 Å². The van der Waals surface area contributed by atoms with Crippen LogP contribution < -0.4 is 15.5 Å². The van der Waals surface area contributed by atoms with Crippen LogP contribution in [0.1, 0.15) is 12.5 Å². The van der Waals surface area contributed by atoms with Crippen molar-refractivity contribution in [2.24, 2.45) is 0 Å². The summed E-state index contributed by atoms with van der Waals surface area (Å²) in [6.07, 6.45) is 0. The molecule has 31 heavy (non-hydrogen) atoms. The summed E-state index contributed by atoms with van der Waals surface area (Å²) in [6, 6.07) is 11.7. The molecule has 8 heteroatoms. The smallest absolute Gasteiger partial charge is 0.234 e. The number of halogens is 1. The van der Waals surface area contributed by atoms with Gasteiger partial charge < -0.3 is 20.4 Å². The van der Waals surface area contributed by atoms with Gasteiger partial charge in [-0.15, -0.1) is 11.8 Å². The summed E-state index contributed by atoms with van der Waals surface area (Å²) in [5.74, 6) is -0.407. The number of thioether (sulfide) groups is 1. The summed E-state index contributed by atoms with van der Waals surface area (Å²) >= 11 is 1.23. The molecule has 1 aliphatic heterocycles. The first-order valence-electron chi connectivity index (χ1n) is 10.5. The molecule has 0 bridgehead atoms. The molecule has 166 valence electrons. The zero-order valence-electron chi connectivity index (χ0n) is 18.0. The molecule has 1 saturated heterocycles. The van der Waals surface area contributed by atoms with Crippen molar-refractivity contribution in [3.63, 3.8) is 0 Å². The van der Waals surface area contributed by atoms with Crippen LogP contribution >= 0.6 is 11.8 Å². The topological polar surface area (TPSA) is 64.7 Å². The van der Waals surface area contributed by atoms with Gasteiger partial charge in [0.1, 0.15) is 5.82 Å². The molecule has 2 aromatic carbocycles. The Morgan fingerprint density at radius 3 is 2.23 bits per heavy atom. The Bertz CT molecular complexity index is 899. The van der Waals surface area contributed by atoms with Crippen LogP contribution in [0.3, 0.4) is 0 Å². The maximum absolute atomic E-state index is 12.9. The lowest BCUT2D eigenvalue weighted by Gasteiger charge is -2.35. The molecule has 3 rings (SSSR count). The number of nitrogens with one attached hydrogen (secondary N) is 2. The molecule has 0 aliphatic carbocycles. The fourth-order valence-electron chi connectivity index (χ4n) is 3.46. The van der Waals surface area contributed by atoms with Crippen molar-refractivity contribution in [1.82, 2.24) is 4.90 Å². The predicted octanol–water partition coefficient (Wildman–Crippen LogP) is 3.59. The first kappa shape index (κ1) is 23.1. The van der Waals surface area contributed by atoms with Crippen LogP contribution in [0.25, 0.3) is 0 Å². The second-order valence-corrected chi connectivity index (χ2v) is 8.50. The maximum atomic E-state index is 12.9. The highest BCUT2D eigenvalue weighted by molar-refractivity contribution is 8.00. The van der Waals surface area contributed by atoms with Crippen molar-refractivity contribution >= 4 is 40.6 Å². The Kier molecular flexibility index (Phi) is 8.31. The van der Waals surface area contributed by atoms with Gasteiger partial charge in [-0.25, -0.2) is 4.39 Å². The molecule has 0 spiro atoms. The number of carbonyl (C=O) groups excluding carboxylic acids is 2. The summed E-state index contributed by atoms with van der Waals surface area (Å²) in [5, 5.41) is 5.61. The van der Waals surface area contributed by atoms with Crippen molar-refractivity contribution in [3.8, 4) is 0 Å². The van der Waals surface area contributed by atoms with E-state index in [0.29, 0.717) is 5.69 Å². The summed E-state index contributed by atoms with van der Waals surface area (Å²) in [6.45, 7) is 9.42. The molecule has 0 aromatic heterocycles. The van der Waals surface area contributed by atoms with E-state index in [0.717, 1.165) is 44.0 Å². The fraction of sp³-hybridized carbons (Fsp3) is 0.391. The second kappa shape index (κ2) is 11.2. The average Bonchev–Trinajstić information content (AvgIpc) is 2.77. The maximum Gasteiger partial charge on any atom is 0.234 e. The summed E-state index contributed by atoms with van der Waals surface area (Å²) in [5.41, 5.74) is 3.52. The third kappa shape index (κ3) is 6.97. The lowest BCUT2D eigenvalue weighted by Crippen LogP contribution is -2.46. The van der Waals surface area contributed by atoms with Crippen LogP contribution in [0.5, 0.6) is 0 Å². The number of benzene rings is 2. The van der Waals surface area contributed by atoms with E-state index in [9.17, 15) is 14.0 Å². The molecule has 0 radical (unpaired) electrons. The molecule has 1 aliphatic rings. The molecule has 0 atom stereocenters. The average molecular weight is 445 g/mol. The highest BCUT2D eigenvalue weighted by Gasteiger charge is 2.16. The molecular formula is C23H29FN4O2S. The van der Waals surface area contributed by atoms with Crippen molar-refractivity contribution in [1.29, 1.82) is 0 Å². The van der Waals surface area contributed by atoms with Crippen LogP contribution in [0.15, 0.2) is 42.5 Å². The lowest BCUT2D eigenvalue weighted by molar-refractivity contribution is -0.114. The number of piperazine rings is 1. The summed E-state index contributed by atoms with van der Waals surface area (Å²) in [4.78, 5) is 29.0. The molecule has 2 aromatic rings. The zero-order chi connectivity index (χ0) is 22.2. The van der Waals surface area contributed by atoms with Crippen molar-refractivity contribution in [3.05, 3.63) is 53.8 Å². The monoisotopic (exact) mass is 444 g/mol. The number of anilines is 3. The van der Waals surface area contributed by atoms with E-state index in [1.807, 2.05) is 19.1 Å². The van der Waals surface area contributed by atoms with E-state index in [-0.39, 0.29) is 29.1 Å². The van der Waals surface area contributed by atoms with Gasteiger partial charge in [0.05, 0.1) is 11.5 Å². The van der Waals surface area contributed by atoms with Crippen molar-refractivity contribution < 1.29 is 14.0 Å².